The Bertz CT molecular complexity index is 1260. The van der Waals surface area contributed by atoms with Gasteiger partial charge in [-0.15, -0.1) is 0 Å². The second-order valence-electron chi connectivity index (χ2n) is 7.44. The average Bonchev–Trinajstić information content (AvgIpc) is 3.29. The lowest BCUT2D eigenvalue weighted by molar-refractivity contribution is 0.578. The Kier molecular flexibility index (Phi) is 5.75. The zero-order valence-corrected chi connectivity index (χ0v) is 17.3. The summed E-state index contributed by atoms with van der Waals surface area (Å²) in [4.78, 5) is 20.2. The summed E-state index contributed by atoms with van der Waals surface area (Å²) >= 11 is 0. The van der Waals surface area contributed by atoms with Crippen molar-refractivity contribution in [2.24, 2.45) is 4.99 Å². The van der Waals surface area contributed by atoms with Crippen molar-refractivity contribution in [3.63, 3.8) is 0 Å². The maximum Gasteiger partial charge on any atom is 0.310 e. The lowest BCUT2D eigenvalue weighted by atomic mass is 10.0. The van der Waals surface area contributed by atoms with Gasteiger partial charge in [-0.25, -0.2) is 4.39 Å². The van der Waals surface area contributed by atoms with Crippen LogP contribution in [0.25, 0.3) is 0 Å². The molecule has 158 valence electrons. The Morgan fingerprint density at radius 1 is 1.13 bits per heavy atom. The zero-order chi connectivity index (χ0) is 22.0. The summed E-state index contributed by atoms with van der Waals surface area (Å²) in [6.45, 7) is 3.93. The number of aryl methyl sites for hydroxylation is 2. The minimum atomic E-state index is -0.944. The molecule has 0 aliphatic carbocycles. The van der Waals surface area contributed by atoms with Crippen LogP contribution in [0.5, 0.6) is 0 Å². The van der Waals surface area contributed by atoms with Crippen LogP contribution in [0.2, 0.25) is 0 Å². The van der Waals surface area contributed by atoms with Crippen LogP contribution in [0.1, 0.15) is 35.6 Å². The van der Waals surface area contributed by atoms with Crippen molar-refractivity contribution in [3.8, 4) is 0 Å². The Balaban J connectivity index is 1.72. The van der Waals surface area contributed by atoms with Crippen LogP contribution in [-0.2, 0) is 13.0 Å². The molecule has 1 aliphatic heterocycles. The first-order chi connectivity index (χ1) is 14.9. The van der Waals surface area contributed by atoms with Crippen molar-refractivity contribution < 1.29 is 8.78 Å². The summed E-state index contributed by atoms with van der Waals surface area (Å²) in [5, 5.41) is 3.21. The fourth-order valence-corrected chi connectivity index (χ4v) is 3.54. The predicted octanol–water partition coefficient (Wildman–Crippen LogP) is 4.89. The molecule has 4 rings (SSSR count). The van der Waals surface area contributed by atoms with Gasteiger partial charge < -0.3 is 9.88 Å². The molecule has 3 aromatic rings. The molecule has 2 aromatic carbocycles. The third-order valence-corrected chi connectivity index (χ3v) is 5.25. The van der Waals surface area contributed by atoms with Gasteiger partial charge in [0.25, 0.3) is 0 Å². The fourth-order valence-electron chi connectivity index (χ4n) is 3.54. The van der Waals surface area contributed by atoms with Crippen molar-refractivity contribution in [2.75, 3.05) is 5.32 Å². The normalized spacial score (nSPS) is 12.8. The van der Waals surface area contributed by atoms with Crippen molar-refractivity contribution >= 4 is 17.3 Å². The highest BCUT2D eigenvalue weighted by Gasteiger charge is 2.14. The summed E-state index contributed by atoms with van der Waals surface area (Å²) in [6, 6.07) is 10.7. The number of halogens is 2. The largest absolute Gasteiger partial charge is 0.325 e. The number of anilines is 2. The molecule has 0 unspecified atom stereocenters. The molecule has 0 saturated carbocycles. The quantitative estimate of drug-likeness (QED) is 0.618. The summed E-state index contributed by atoms with van der Waals surface area (Å²) < 4.78 is 29.2. The third kappa shape index (κ3) is 4.45. The third-order valence-electron chi connectivity index (χ3n) is 5.25. The van der Waals surface area contributed by atoms with Crippen LogP contribution in [0.15, 0.2) is 64.7 Å². The van der Waals surface area contributed by atoms with Gasteiger partial charge >= 0.3 is 5.56 Å². The van der Waals surface area contributed by atoms with Gasteiger partial charge in [-0.05, 0) is 47.7 Å². The highest BCUT2D eigenvalue weighted by Crippen LogP contribution is 2.24. The molecule has 1 N–H and O–H groups in total. The molecular formula is C24H22F2N4O. The summed E-state index contributed by atoms with van der Waals surface area (Å²) in [7, 11) is 0. The van der Waals surface area contributed by atoms with Gasteiger partial charge in [0.1, 0.15) is 5.82 Å². The number of hydrogen-bond acceptors (Lipinski definition) is 4. The highest BCUT2D eigenvalue weighted by atomic mass is 19.1. The highest BCUT2D eigenvalue weighted by molar-refractivity contribution is 6.03. The zero-order valence-electron chi connectivity index (χ0n) is 17.3. The molecule has 0 bridgehead atoms. The van der Waals surface area contributed by atoms with E-state index >= 15 is 0 Å². The molecule has 0 radical (unpaired) electrons. The molecule has 7 heteroatoms. The van der Waals surface area contributed by atoms with Crippen LogP contribution in [-0.4, -0.2) is 15.3 Å². The minimum absolute atomic E-state index is 0.215. The van der Waals surface area contributed by atoms with Gasteiger partial charge in [0.05, 0.1) is 12.3 Å². The van der Waals surface area contributed by atoms with Gasteiger partial charge in [-0.3, -0.25) is 9.79 Å². The standard InChI is InChI=1S/C24H22F2N4O/c1-3-17-7-8-18(21-5-4-10-27-21)12-22(17)28-24-29-23(31)20(26)14-30(24)13-16-6-9-19(25)15(2)11-16/h4,6-12,14H,3,5,13H2,1-2H3,(H,28,29,31). The summed E-state index contributed by atoms with van der Waals surface area (Å²) in [5.74, 6) is -1.04. The number of nitrogens with one attached hydrogen (secondary N) is 1. The Morgan fingerprint density at radius 3 is 2.68 bits per heavy atom. The first kappa shape index (κ1) is 20.7. The molecule has 0 amide bonds. The number of aliphatic imine (C=N–C) groups is 1. The second-order valence-corrected chi connectivity index (χ2v) is 7.44. The van der Waals surface area contributed by atoms with Crippen LogP contribution in [0.3, 0.4) is 0 Å². The van der Waals surface area contributed by atoms with Gasteiger partial charge in [0.2, 0.25) is 11.8 Å². The van der Waals surface area contributed by atoms with E-state index in [2.05, 4.69) is 15.3 Å². The monoisotopic (exact) mass is 420 g/mol. The number of nitrogens with zero attached hydrogens (tertiary/aromatic N) is 3. The second kappa shape index (κ2) is 8.63. The summed E-state index contributed by atoms with van der Waals surface area (Å²) in [5.41, 5.74) is 4.05. The topological polar surface area (TPSA) is 59.3 Å². The molecule has 1 aliphatic rings. The van der Waals surface area contributed by atoms with Crippen molar-refractivity contribution in [3.05, 3.63) is 99.1 Å². The number of aromatic nitrogens is 2. The van der Waals surface area contributed by atoms with Crippen molar-refractivity contribution in [1.29, 1.82) is 0 Å². The van der Waals surface area contributed by atoms with E-state index in [0.717, 1.165) is 47.1 Å². The Labute approximate surface area is 178 Å². The predicted molar refractivity (Wildman–Crippen MR) is 118 cm³/mol. The molecule has 0 atom stereocenters. The average molecular weight is 420 g/mol. The molecular weight excluding hydrogens is 398 g/mol. The molecule has 5 nitrogen and oxygen atoms in total. The first-order valence-corrected chi connectivity index (χ1v) is 10.1. The van der Waals surface area contributed by atoms with Crippen molar-refractivity contribution in [1.82, 2.24) is 9.55 Å². The van der Waals surface area contributed by atoms with Gasteiger partial charge in [-0.2, -0.15) is 9.37 Å². The number of hydrogen-bond donors (Lipinski definition) is 1. The molecule has 31 heavy (non-hydrogen) atoms. The van der Waals surface area contributed by atoms with Crippen LogP contribution < -0.4 is 10.9 Å². The van der Waals surface area contributed by atoms with E-state index in [-0.39, 0.29) is 18.3 Å². The van der Waals surface area contributed by atoms with E-state index in [1.807, 2.05) is 31.2 Å². The fraction of sp³-hybridized carbons (Fsp3) is 0.208. The van der Waals surface area contributed by atoms with E-state index in [4.69, 9.17) is 0 Å². The maximum atomic E-state index is 14.1. The number of allylic oxidation sites excluding steroid dienone is 1. The molecule has 0 fully saturated rings. The van der Waals surface area contributed by atoms with Crippen molar-refractivity contribution in [2.45, 2.75) is 33.2 Å². The van der Waals surface area contributed by atoms with E-state index < -0.39 is 11.4 Å². The molecule has 0 spiro atoms. The van der Waals surface area contributed by atoms with E-state index in [1.54, 1.807) is 25.3 Å². The van der Waals surface area contributed by atoms with Gasteiger partial charge in [0, 0.05) is 24.5 Å². The van der Waals surface area contributed by atoms with E-state index in [9.17, 15) is 13.6 Å². The van der Waals surface area contributed by atoms with Gasteiger partial charge in [-0.1, -0.05) is 37.3 Å². The van der Waals surface area contributed by atoms with Crippen LogP contribution >= 0.6 is 0 Å². The Morgan fingerprint density at radius 2 is 1.97 bits per heavy atom. The maximum absolute atomic E-state index is 14.1. The Hall–Kier alpha value is -3.61. The van der Waals surface area contributed by atoms with Crippen LogP contribution in [0, 0.1) is 18.6 Å². The number of rotatable bonds is 6. The molecule has 0 saturated heterocycles. The first-order valence-electron chi connectivity index (χ1n) is 10.1. The summed E-state index contributed by atoms with van der Waals surface area (Å²) in [6.07, 6.45) is 6.40. The molecule has 1 aromatic heterocycles. The lowest BCUT2D eigenvalue weighted by Crippen LogP contribution is -2.20. The lowest BCUT2D eigenvalue weighted by Gasteiger charge is -2.17. The van der Waals surface area contributed by atoms with Crippen LogP contribution in [0.4, 0.5) is 20.4 Å². The van der Waals surface area contributed by atoms with E-state index in [0.29, 0.717) is 5.56 Å². The van der Waals surface area contributed by atoms with Gasteiger partial charge in [0.15, 0.2) is 0 Å². The SMILES string of the molecule is CCc1ccc(C2=NC=CC2)cc1Nc1nc(=O)c(F)cn1Cc1ccc(F)c(C)c1. The smallest absolute Gasteiger partial charge is 0.310 e. The number of benzene rings is 2. The minimum Gasteiger partial charge on any atom is -0.325 e. The van der Waals surface area contributed by atoms with E-state index in [1.165, 1.54) is 10.6 Å². The molecule has 2 heterocycles.